The Bertz CT molecular complexity index is 653. The van der Waals surface area contributed by atoms with Gasteiger partial charge >= 0.3 is 6.09 Å². The molecule has 1 saturated heterocycles. The number of hydrogen-bond donors (Lipinski definition) is 0. The molecule has 130 valence electrons. The number of benzene rings is 1. The molecular weight excluding hydrogens is 304 g/mol. The van der Waals surface area contributed by atoms with Crippen LogP contribution < -0.4 is 4.90 Å². The van der Waals surface area contributed by atoms with Crippen LogP contribution in [0.2, 0.25) is 0 Å². The lowest BCUT2D eigenvalue weighted by molar-refractivity contribution is 0.0188. The van der Waals surface area contributed by atoms with Crippen LogP contribution in [0.3, 0.4) is 0 Å². The maximum Gasteiger partial charge on any atom is 0.410 e. The predicted octanol–water partition coefficient (Wildman–Crippen LogP) is 3.13. The minimum Gasteiger partial charge on any atom is -0.444 e. The van der Waals surface area contributed by atoms with Crippen LogP contribution in [-0.4, -0.2) is 48.9 Å². The Morgan fingerprint density at radius 1 is 1.29 bits per heavy atom. The molecule has 5 nitrogen and oxygen atoms in total. The third kappa shape index (κ3) is 2.65. The summed E-state index contributed by atoms with van der Waals surface area (Å²) in [4.78, 5) is 16.9. The van der Waals surface area contributed by atoms with E-state index in [1.54, 1.807) is 0 Å². The van der Waals surface area contributed by atoms with E-state index in [1.165, 1.54) is 16.8 Å². The molecule has 3 aliphatic heterocycles. The van der Waals surface area contributed by atoms with Gasteiger partial charge in [-0.2, -0.15) is 0 Å². The van der Waals surface area contributed by atoms with Crippen molar-refractivity contribution in [2.75, 3.05) is 31.1 Å². The Morgan fingerprint density at radius 2 is 2.12 bits per heavy atom. The topological polar surface area (TPSA) is 42.0 Å². The number of hydrogen-bond acceptors (Lipinski definition) is 4. The van der Waals surface area contributed by atoms with Gasteiger partial charge in [0, 0.05) is 42.8 Å². The van der Waals surface area contributed by atoms with Crippen molar-refractivity contribution >= 4 is 11.8 Å². The fraction of sp³-hybridized carbons (Fsp3) is 0.632. The lowest BCUT2D eigenvalue weighted by atomic mass is 9.89. The molecule has 3 aliphatic rings. The third-order valence-electron chi connectivity index (χ3n) is 5.20. The fourth-order valence-electron chi connectivity index (χ4n) is 4.28. The summed E-state index contributed by atoms with van der Waals surface area (Å²) in [5.74, 6) is 0.374. The molecule has 3 heterocycles. The average molecular weight is 330 g/mol. The Kier molecular flexibility index (Phi) is 3.71. The summed E-state index contributed by atoms with van der Waals surface area (Å²) < 4.78 is 11.3. The van der Waals surface area contributed by atoms with E-state index in [0.717, 1.165) is 32.7 Å². The maximum atomic E-state index is 12.5. The quantitative estimate of drug-likeness (QED) is 0.733. The van der Waals surface area contributed by atoms with Gasteiger partial charge in [0.25, 0.3) is 0 Å². The average Bonchev–Trinajstić information content (AvgIpc) is 2.69. The van der Waals surface area contributed by atoms with Crippen LogP contribution in [-0.2, 0) is 16.1 Å². The first-order valence-corrected chi connectivity index (χ1v) is 8.88. The summed E-state index contributed by atoms with van der Waals surface area (Å²) in [6, 6.07) is 6.98. The van der Waals surface area contributed by atoms with E-state index in [2.05, 4.69) is 23.1 Å². The van der Waals surface area contributed by atoms with Crippen molar-refractivity contribution in [1.29, 1.82) is 0 Å². The Hall–Kier alpha value is -1.75. The van der Waals surface area contributed by atoms with E-state index in [4.69, 9.17) is 9.47 Å². The number of amides is 1. The molecule has 0 unspecified atom stereocenters. The molecule has 0 saturated carbocycles. The van der Waals surface area contributed by atoms with Gasteiger partial charge < -0.3 is 19.3 Å². The summed E-state index contributed by atoms with van der Waals surface area (Å²) in [5, 5.41) is 0. The molecule has 1 amide bonds. The molecule has 0 radical (unpaired) electrons. The van der Waals surface area contributed by atoms with Crippen LogP contribution in [0.4, 0.5) is 10.5 Å². The molecule has 0 aromatic heterocycles. The number of fused-ring (bicyclic) bond motifs is 3. The zero-order valence-electron chi connectivity index (χ0n) is 14.7. The first-order chi connectivity index (χ1) is 11.4. The Morgan fingerprint density at radius 3 is 2.92 bits per heavy atom. The van der Waals surface area contributed by atoms with Gasteiger partial charge in [-0.3, -0.25) is 0 Å². The number of nitrogens with zero attached hydrogens (tertiary/aromatic N) is 2. The third-order valence-corrected chi connectivity index (χ3v) is 5.20. The second-order valence-corrected chi connectivity index (χ2v) is 7.99. The SMILES string of the molecule is CC(C)(C)OC(=O)N1CC[C@@H]2[C@H](C1)c1cccc3c1N2CCOC3. The lowest BCUT2D eigenvalue weighted by Crippen LogP contribution is -2.49. The van der Waals surface area contributed by atoms with E-state index < -0.39 is 5.60 Å². The van der Waals surface area contributed by atoms with Crippen molar-refractivity contribution in [1.82, 2.24) is 4.90 Å². The van der Waals surface area contributed by atoms with E-state index in [9.17, 15) is 4.79 Å². The molecule has 0 N–H and O–H groups in total. The molecule has 1 aromatic carbocycles. The standard InChI is InChI=1S/C19H26N2O3/c1-19(2,3)24-18(22)20-8-7-16-15(11-20)14-6-4-5-13-12-23-10-9-21(16)17(13)14/h4-6,15-16H,7-12H2,1-3H3/t15-,16-/m1/s1. The molecule has 0 aliphatic carbocycles. The van der Waals surface area contributed by atoms with Crippen molar-refractivity contribution in [3.63, 3.8) is 0 Å². The van der Waals surface area contributed by atoms with Gasteiger partial charge in [-0.15, -0.1) is 0 Å². The summed E-state index contributed by atoms with van der Waals surface area (Å²) >= 11 is 0. The van der Waals surface area contributed by atoms with E-state index in [-0.39, 0.29) is 6.09 Å². The Labute approximate surface area is 143 Å². The Balaban J connectivity index is 1.60. The number of carbonyl (C=O) groups excluding carboxylic acids is 1. The van der Waals surface area contributed by atoms with Crippen molar-refractivity contribution in [2.24, 2.45) is 0 Å². The molecule has 1 fully saturated rings. The first kappa shape index (κ1) is 15.8. The van der Waals surface area contributed by atoms with Crippen molar-refractivity contribution in [3.05, 3.63) is 29.3 Å². The number of carbonyl (C=O) groups is 1. The van der Waals surface area contributed by atoms with E-state index in [1.807, 2.05) is 25.7 Å². The summed E-state index contributed by atoms with van der Waals surface area (Å²) in [6.45, 7) is 9.66. The van der Waals surface area contributed by atoms with Crippen LogP contribution in [0.1, 0.15) is 44.2 Å². The lowest BCUT2D eigenvalue weighted by Gasteiger charge is -2.39. The van der Waals surface area contributed by atoms with Crippen LogP contribution in [0.15, 0.2) is 18.2 Å². The molecular formula is C19H26N2O3. The van der Waals surface area contributed by atoms with E-state index in [0.29, 0.717) is 18.6 Å². The molecule has 1 aromatic rings. The van der Waals surface area contributed by atoms with Gasteiger partial charge in [-0.1, -0.05) is 18.2 Å². The number of piperidine rings is 1. The van der Waals surface area contributed by atoms with Crippen molar-refractivity contribution < 1.29 is 14.3 Å². The smallest absolute Gasteiger partial charge is 0.410 e. The van der Waals surface area contributed by atoms with Gasteiger partial charge in [0.05, 0.1) is 13.2 Å². The van der Waals surface area contributed by atoms with Gasteiger partial charge in [-0.05, 0) is 32.8 Å². The molecule has 5 heteroatoms. The zero-order valence-corrected chi connectivity index (χ0v) is 14.7. The van der Waals surface area contributed by atoms with Crippen LogP contribution in [0.5, 0.6) is 0 Å². The number of anilines is 1. The number of para-hydroxylation sites is 1. The number of likely N-dealkylation sites (tertiary alicyclic amines) is 1. The molecule has 0 bridgehead atoms. The number of ether oxygens (including phenoxy) is 2. The number of rotatable bonds is 0. The largest absolute Gasteiger partial charge is 0.444 e. The van der Waals surface area contributed by atoms with Gasteiger partial charge in [0.15, 0.2) is 0 Å². The van der Waals surface area contributed by atoms with Crippen LogP contribution >= 0.6 is 0 Å². The van der Waals surface area contributed by atoms with Crippen LogP contribution in [0.25, 0.3) is 0 Å². The highest BCUT2D eigenvalue weighted by atomic mass is 16.6. The van der Waals surface area contributed by atoms with Gasteiger partial charge in [-0.25, -0.2) is 4.79 Å². The predicted molar refractivity (Wildman–Crippen MR) is 92.4 cm³/mol. The summed E-state index contributed by atoms with van der Waals surface area (Å²) in [7, 11) is 0. The van der Waals surface area contributed by atoms with Gasteiger partial charge in [0.2, 0.25) is 0 Å². The highest BCUT2D eigenvalue weighted by Crippen LogP contribution is 2.47. The first-order valence-electron chi connectivity index (χ1n) is 8.88. The molecule has 24 heavy (non-hydrogen) atoms. The van der Waals surface area contributed by atoms with E-state index >= 15 is 0 Å². The second-order valence-electron chi connectivity index (χ2n) is 7.99. The molecule has 2 atom stereocenters. The normalized spacial score (nSPS) is 25.8. The monoisotopic (exact) mass is 330 g/mol. The molecule has 0 spiro atoms. The van der Waals surface area contributed by atoms with Crippen molar-refractivity contribution in [2.45, 2.75) is 51.4 Å². The van der Waals surface area contributed by atoms with Gasteiger partial charge in [0.1, 0.15) is 5.60 Å². The fourth-order valence-corrected chi connectivity index (χ4v) is 4.28. The second kappa shape index (κ2) is 5.66. The highest BCUT2D eigenvalue weighted by molar-refractivity contribution is 5.71. The highest BCUT2D eigenvalue weighted by Gasteiger charge is 2.44. The molecule has 4 rings (SSSR count). The van der Waals surface area contributed by atoms with Crippen LogP contribution in [0, 0.1) is 0 Å². The summed E-state index contributed by atoms with van der Waals surface area (Å²) in [5.41, 5.74) is 3.56. The zero-order chi connectivity index (χ0) is 16.9. The summed E-state index contributed by atoms with van der Waals surface area (Å²) in [6.07, 6.45) is 0.797. The van der Waals surface area contributed by atoms with Crippen molar-refractivity contribution in [3.8, 4) is 0 Å². The maximum absolute atomic E-state index is 12.5. The minimum absolute atomic E-state index is 0.187. The minimum atomic E-state index is -0.446.